The second-order valence-electron chi connectivity index (χ2n) is 5.07. The molecule has 0 amide bonds. The average molecular weight is 301 g/mol. The first kappa shape index (κ1) is 16.0. The third kappa shape index (κ3) is 4.83. The molecule has 21 heavy (non-hydrogen) atoms. The van der Waals surface area contributed by atoms with Crippen molar-refractivity contribution in [2.24, 2.45) is 0 Å². The van der Waals surface area contributed by atoms with E-state index in [0.29, 0.717) is 6.04 Å². The summed E-state index contributed by atoms with van der Waals surface area (Å²) in [6.07, 6.45) is 4.07. The van der Waals surface area contributed by atoms with Crippen molar-refractivity contribution in [3.8, 4) is 0 Å². The number of benzene rings is 1. The molecule has 1 aromatic heterocycles. The highest BCUT2D eigenvalue weighted by Crippen LogP contribution is 2.26. The molecule has 1 aromatic carbocycles. The van der Waals surface area contributed by atoms with Crippen LogP contribution < -0.4 is 5.32 Å². The van der Waals surface area contributed by atoms with Crippen LogP contribution in [0.2, 0.25) is 0 Å². The quantitative estimate of drug-likeness (QED) is 0.770. The molecule has 0 aliphatic carbocycles. The topological polar surface area (TPSA) is 37.8 Å². The zero-order valence-electron chi connectivity index (χ0n) is 13.0. The number of aromatic nitrogens is 2. The van der Waals surface area contributed by atoms with Gasteiger partial charge in [-0.2, -0.15) is 0 Å². The van der Waals surface area contributed by atoms with Gasteiger partial charge in [0.1, 0.15) is 0 Å². The Morgan fingerprint density at radius 3 is 2.52 bits per heavy atom. The van der Waals surface area contributed by atoms with Crippen molar-refractivity contribution in [1.82, 2.24) is 15.3 Å². The van der Waals surface area contributed by atoms with Gasteiger partial charge in [0.05, 0.1) is 0 Å². The normalized spacial score (nSPS) is 12.3. The average Bonchev–Trinajstić information content (AvgIpc) is 2.49. The molecule has 3 nitrogen and oxygen atoms in total. The number of aryl methyl sites for hydroxylation is 1. The van der Waals surface area contributed by atoms with Gasteiger partial charge in [-0.05, 0) is 61.8 Å². The molecule has 0 saturated heterocycles. The van der Waals surface area contributed by atoms with E-state index < -0.39 is 0 Å². The minimum atomic E-state index is 0.444. The van der Waals surface area contributed by atoms with Crippen LogP contribution in [0.25, 0.3) is 0 Å². The highest BCUT2D eigenvalue weighted by molar-refractivity contribution is 7.99. The molecular formula is C17H23N3S. The number of hydrogen-bond donors (Lipinski definition) is 1. The van der Waals surface area contributed by atoms with Crippen LogP contribution in [-0.4, -0.2) is 16.5 Å². The smallest absolute Gasteiger partial charge is 0.192 e. The Morgan fingerprint density at radius 2 is 1.90 bits per heavy atom. The van der Waals surface area contributed by atoms with Crippen LogP contribution in [0.5, 0.6) is 0 Å². The number of nitrogens with zero attached hydrogens (tertiary/aromatic N) is 2. The third-order valence-electron chi connectivity index (χ3n) is 3.31. The molecule has 1 heterocycles. The summed E-state index contributed by atoms with van der Waals surface area (Å²) in [5, 5.41) is 4.39. The van der Waals surface area contributed by atoms with Crippen molar-refractivity contribution >= 4 is 11.8 Å². The molecule has 1 unspecified atom stereocenters. The summed E-state index contributed by atoms with van der Waals surface area (Å²) in [5.74, 6) is 0. The Hall–Kier alpha value is -1.39. The summed E-state index contributed by atoms with van der Waals surface area (Å²) >= 11 is 1.61. The molecule has 0 aliphatic rings. The van der Waals surface area contributed by atoms with E-state index in [0.717, 1.165) is 30.2 Å². The van der Waals surface area contributed by atoms with E-state index in [4.69, 9.17) is 0 Å². The van der Waals surface area contributed by atoms with Crippen LogP contribution in [-0.2, 0) is 0 Å². The fourth-order valence-corrected chi connectivity index (χ4v) is 2.95. The van der Waals surface area contributed by atoms with Gasteiger partial charge in [-0.15, -0.1) is 0 Å². The zero-order valence-corrected chi connectivity index (χ0v) is 13.8. The Balaban J connectivity index is 2.04. The van der Waals surface area contributed by atoms with Gasteiger partial charge < -0.3 is 5.32 Å². The van der Waals surface area contributed by atoms with Crippen LogP contribution in [0.4, 0.5) is 0 Å². The summed E-state index contributed by atoms with van der Waals surface area (Å²) in [6.45, 7) is 7.46. The molecule has 1 N–H and O–H groups in total. The lowest BCUT2D eigenvalue weighted by Crippen LogP contribution is -2.21. The van der Waals surface area contributed by atoms with E-state index in [1.165, 1.54) is 10.5 Å². The maximum absolute atomic E-state index is 4.42. The molecular weight excluding hydrogens is 278 g/mol. The lowest BCUT2D eigenvalue weighted by Gasteiger charge is -2.17. The summed E-state index contributed by atoms with van der Waals surface area (Å²) in [5.41, 5.74) is 2.35. The van der Waals surface area contributed by atoms with Gasteiger partial charge in [-0.25, -0.2) is 9.97 Å². The molecule has 0 saturated carbocycles. The lowest BCUT2D eigenvalue weighted by atomic mass is 10.0. The zero-order chi connectivity index (χ0) is 15.1. The van der Waals surface area contributed by atoms with Gasteiger partial charge in [-0.3, -0.25) is 0 Å². The fraction of sp³-hybridized carbons (Fsp3) is 0.412. The Kier molecular flexibility index (Phi) is 6.21. The van der Waals surface area contributed by atoms with Gasteiger partial charge in [0.25, 0.3) is 0 Å². The highest BCUT2D eigenvalue weighted by atomic mass is 32.2. The first-order chi connectivity index (χ1) is 10.2. The van der Waals surface area contributed by atoms with Crippen LogP contribution in [0.15, 0.2) is 46.6 Å². The predicted octanol–water partition coefficient (Wildman–Crippen LogP) is 4.39. The van der Waals surface area contributed by atoms with Crippen LogP contribution >= 0.6 is 11.8 Å². The van der Waals surface area contributed by atoms with E-state index >= 15 is 0 Å². The van der Waals surface area contributed by atoms with Crippen molar-refractivity contribution in [3.05, 3.63) is 47.8 Å². The number of rotatable bonds is 7. The second kappa shape index (κ2) is 8.15. The Morgan fingerprint density at radius 1 is 1.14 bits per heavy atom. The summed E-state index contributed by atoms with van der Waals surface area (Å²) in [4.78, 5) is 9.89. The minimum Gasteiger partial charge on any atom is -0.310 e. The minimum absolute atomic E-state index is 0.444. The SMILES string of the molecule is CCCNC(CC)c1ccc(Sc2nccc(C)n2)cc1. The largest absolute Gasteiger partial charge is 0.310 e. The molecule has 0 spiro atoms. The molecule has 4 heteroatoms. The van der Waals surface area contributed by atoms with Gasteiger partial charge in [-0.1, -0.05) is 26.0 Å². The Labute approximate surface area is 131 Å². The van der Waals surface area contributed by atoms with Gasteiger partial charge >= 0.3 is 0 Å². The van der Waals surface area contributed by atoms with E-state index in [1.807, 2.05) is 13.0 Å². The Bertz CT molecular complexity index is 554. The van der Waals surface area contributed by atoms with Crippen molar-refractivity contribution in [2.45, 2.75) is 49.7 Å². The van der Waals surface area contributed by atoms with E-state index in [-0.39, 0.29) is 0 Å². The molecule has 0 radical (unpaired) electrons. The van der Waals surface area contributed by atoms with Gasteiger partial charge in [0.15, 0.2) is 5.16 Å². The third-order valence-corrected chi connectivity index (χ3v) is 4.20. The van der Waals surface area contributed by atoms with E-state index in [9.17, 15) is 0 Å². The predicted molar refractivity (Wildman–Crippen MR) is 88.7 cm³/mol. The first-order valence-corrected chi connectivity index (χ1v) is 8.35. The molecule has 1 atom stereocenters. The summed E-state index contributed by atoms with van der Waals surface area (Å²) in [7, 11) is 0. The van der Waals surface area contributed by atoms with Crippen LogP contribution in [0.3, 0.4) is 0 Å². The monoisotopic (exact) mass is 301 g/mol. The summed E-state index contributed by atoms with van der Waals surface area (Å²) < 4.78 is 0. The molecule has 2 rings (SSSR count). The van der Waals surface area contributed by atoms with Gasteiger partial charge in [0, 0.05) is 22.8 Å². The fourth-order valence-electron chi connectivity index (χ4n) is 2.17. The molecule has 0 fully saturated rings. The van der Waals surface area contributed by atoms with Crippen LogP contribution in [0.1, 0.15) is 44.0 Å². The molecule has 2 aromatic rings. The van der Waals surface area contributed by atoms with Crippen molar-refractivity contribution < 1.29 is 0 Å². The van der Waals surface area contributed by atoms with Crippen molar-refractivity contribution in [2.75, 3.05) is 6.54 Å². The lowest BCUT2D eigenvalue weighted by molar-refractivity contribution is 0.518. The first-order valence-electron chi connectivity index (χ1n) is 7.53. The second-order valence-corrected chi connectivity index (χ2v) is 6.11. The molecule has 0 bridgehead atoms. The maximum Gasteiger partial charge on any atom is 0.192 e. The maximum atomic E-state index is 4.42. The van der Waals surface area contributed by atoms with E-state index in [1.54, 1.807) is 18.0 Å². The molecule has 112 valence electrons. The van der Waals surface area contributed by atoms with E-state index in [2.05, 4.69) is 53.4 Å². The highest BCUT2D eigenvalue weighted by Gasteiger charge is 2.08. The number of hydrogen-bond acceptors (Lipinski definition) is 4. The summed E-state index contributed by atoms with van der Waals surface area (Å²) in [6, 6.07) is 11.1. The van der Waals surface area contributed by atoms with Crippen LogP contribution in [0, 0.1) is 6.92 Å². The van der Waals surface area contributed by atoms with Crippen molar-refractivity contribution in [3.63, 3.8) is 0 Å². The van der Waals surface area contributed by atoms with Crippen molar-refractivity contribution in [1.29, 1.82) is 0 Å². The standard InChI is InChI=1S/C17H23N3S/c1-4-11-18-16(5-2)14-6-8-15(9-7-14)21-17-19-12-10-13(3)20-17/h6-10,12,16,18H,4-5,11H2,1-3H3. The number of nitrogens with one attached hydrogen (secondary N) is 1. The molecule has 0 aliphatic heterocycles. The van der Waals surface area contributed by atoms with Gasteiger partial charge in [0.2, 0.25) is 0 Å².